The third kappa shape index (κ3) is 3.69. The Morgan fingerprint density at radius 2 is 1.95 bits per heavy atom. The Hall–Kier alpha value is -1.16. The topological polar surface area (TPSA) is 41.1 Å². The van der Waals surface area contributed by atoms with Crippen LogP contribution in [0.1, 0.15) is 41.6 Å². The summed E-state index contributed by atoms with van der Waals surface area (Å²) in [7, 11) is 1.85. The molecule has 1 aliphatic rings. The number of aryl methyl sites for hydroxylation is 1. The number of hydrogen-bond acceptors (Lipinski definition) is 3. The third-order valence-corrected chi connectivity index (χ3v) is 5.17. The van der Waals surface area contributed by atoms with Crippen molar-refractivity contribution in [2.24, 2.45) is 0 Å². The number of amides is 1. The molecule has 2 N–H and O–H groups in total. The second-order valence-corrected chi connectivity index (χ2v) is 6.62. The number of carbonyl (C=O) groups is 1. The normalized spacial score (nSPS) is 22.4. The van der Waals surface area contributed by atoms with Crippen LogP contribution in [0.4, 0.5) is 5.69 Å². The van der Waals surface area contributed by atoms with Crippen LogP contribution in [0.5, 0.6) is 0 Å². The van der Waals surface area contributed by atoms with E-state index in [2.05, 4.69) is 16.9 Å². The molecule has 3 nitrogen and oxygen atoms in total. The minimum Gasteiger partial charge on any atom is -0.387 e. The molecule has 0 bridgehead atoms. The van der Waals surface area contributed by atoms with Gasteiger partial charge in [0.05, 0.1) is 5.56 Å². The van der Waals surface area contributed by atoms with Crippen molar-refractivity contribution in [2.75, 3.05) is 18.6 Å². The highest BCUT2D eigenvalue weighted by Gasteiger charge is 2.22. The van der Waals surface area contributed by atoms with E-state index < -0.39 is 0 Å². The number of anilines is 1. The maximum absolute atomic E-state index is 12.4. The van der Waals surface area contributed by atoms with Crippen LogP contribution in [0, 0.1) is 6.92 Å². The minimum atomic E-state index is 0.0469. The quantitative estimate of drug-likeness (QED) is 0.893. The van der Waals surface area contributed by atoms with E-state index in [4.69, 9.17) is 0 Å². The summed E-state index contributed by atoms with van der Waals surface area (Å²) in [6.45, 7) is 2.01. The molecule has 0 spiro atoms. The van der Waals surface area contributed by atoms with Gasteiger partial charge in [0.25, 0.3) is 5.91 Å². The maximum Gasteiger partial charge on any atom is 0.253 e. The highest BCUT2D eigenvalue weighted by atomic mass is 32.2. The van der Waals surface area contributed by atoms with Crippen LogP contribution in [-0.4, -0.2) is 30.5 Å². The van der Waals surface area contributed by atoms with Crippen LogP contribution in [0.25, 0.3) is 0 Å². The third-order valence-electron chi connectivity index (χ3n) is 4.03. The van der Waals surface area contributed by atoms with Crippen LogP contribution in [-0.2, 0) is 0 Å². The number of carbonyl (C=O) groups excluding carboxylic acids is 1. The molecule has 1 aromatic carbocycles. The van der Waals surface area contributed by atoms with Gasteiger partial charge in [-0.2, -0.15) is 11.8 Å². The summed E-state index contributed by atoms with van der Waals surface area (Å²) < 4.78 is 0. The number of benzene rings is 1. The summed E-state index contributed by atoms with van der Waals surface area (Å²) in [5.74, 6) is 0.0469. The number of rotatable bonds is 4. The zero-order chi connectivity index (χ0) is 14.5. The molecule has 1 fully saturated rings. The van der Waals surface area contributed by atoms with E-state index in [1.54, 1.807) is 0 Å². The van der Waals surface area contributed by atoms with Crippen molar-refractivity contribution in [2.45, 2.75) is 43.9 Å². The standard InChI is InChI=1S/C16H24N2OS/c1-11-4-9-15(17-2)14(10-11)16(19)18-12-5-7-13(20-3)8-6-12/h4,9-10,12-13,17H,5-8H2,1-3H3,(H,18,19). The molecule has 0 aliphatic heterocycles. The zero-order valence-corrected chi connectivity index (χ0v) is 13.3. The van der Waals surface area contributed by atoms with E-state index in [9.17, 15) is 4.79 Å². The molecule has 0 atom stereocenters. The molecule has 0 heterocycles. The van der Waals surface area contributed by atoms with Crippen molar-refractivity contribution in [3.63, 3.8) is 0 Å². The molecule has 0 aromatic heterocycles. The summed E-state index contributed by atoms with van der Waals surface area (Å²) in [6.07, 6.45) is 6.78. The predicted molar refractivity (Wildman–Crippen MR) is 87.8 cm³/mol. The lowest BCUT2D eigenvalue weighted by Gasteiger charge is -2.28. The lowest BCUT2D eigenvalue weighted by molar-refractivity contribution is 0.0929. The van der Waals surface area contributed by atoms with Crippen LogP contribution in [0.2, 0.25) is 0 Å². The second-order valence-electron chi connectivity index (χ2n) is 5.48. The van der Waals surface area contributed by atoms with Gasteiger partial charge in [-0.25, -0.2) is 0 Å². The molecule has 0 unspecified atom stereocenters. The summed E-state index contributed by atoms with van der Waals surface area (Å²) in [5.41, 5.74) is 2.76. The molecule has 1 aliphatic carbocycles. The largest absolute Gasteiger partial charge is 0.387 e. The molecule has 0 radical (unpaired) electrons. The van der Waals surface area contributed by atoms with Crippen molar-refractivity contribution in [1.29, 1.82) is 0 Å². The number of nitrogens with one attached hydrogen (secondary N) is 2. The molecular formula is C16H24N2OS. The lowest BCUT2D eigenvalue weighted by atomic mass is 9.94. The fourth-order valence-corrected chi connectivity index (χ4v) is 3.51. The number of thioether (sulfide) groups is 1. The van der Waals surface area contributed by atoms with E-state index in [1.807, 2.05) is 43.9 Å². The molecule has 20 heavy (non-hydrogen) atoms. The van der Waals surface area contributed by atoms with Gasteiger partial charge in [-0.3, -0.25) is 4.79 Å². The van der Waals surface area contributed by atoms with Gasteiger partial charge >= 0.3 is 0 Å². The Morgan fingerprint density at radius 3 is 2.55 bits per heavy atom. The maximum atomic E-state index is 12.4. The Morgan fingerprint density at radius 1 is 1.25 bits per heavy atom. The Bertz CT molecular complexity index is 468. The first-order chi connectivity index (χ1) is 9.63. The van der Waals surface area contributed by atoms with Crippen LogP contribution < -0.4 is 10.6 Å². The van der Waals surface area contributed by atoms with E-state index in [1.165, 1.54) is 12.8 Å². The lowest BCUT2D eigenvalue weighted by Crippen LogP contribution is -2.38. The second kappa shape index (κ2) is 7.02. The SMILES string of the molecule is CNc1ccc(C)cc1C(=O)NC1CCC(SC)CC1. The summed E-state index contributed by atoms with van der Waals surface area (Å²) in [5, 5.41) is 7.06. The van der Waals surface area contributed by atoms with Crippen LogP contribution in [0.15, 0.2) is 18.2 Å². The molecule has 1 aromatic rings. The average Bonchev–Trinajstić information content (AvgIpc) is 2.48. The minimum absolute atomic E-state index is 0.0469. The van der Waals surface area contributed by atoms with Crippen molar-refractivity contribution < 1.29 is 4.79 Å². The first kappa shape index (κ1) is 15.2. The summed E-state index contributed by atoms with van der Waals surface area (Å²) in [4.78, 5) is 12.4. The molecular weight excluding hydrogens is 268 g/mol. The summed E-state index contributed by atoms with van der Waals surface area (Å²) >= 11 is 1.95. The van der Waals surface area contributed by atoms with Gasteiger partial charge in [0.15, 0.2) is 0 Å². The van der Waals surface area contributed by atoms with Gasteiger partial charge in [-0.1, -0.05) is 11.6 Å². The first-order valence-electron chi connectivity index (χ1n) is 7.26. The smallest absolute Gasteiger partial charge is 0.253 e. The molecule has 1 saturated carbocycles. The monoisotopic (exact) mass is 292 g/mol. The van der Waals surface area contributed by atoms with Gasteiger partial charge in [0.1, 0.15) is 0 Å². The Labute approximate surface area is 125 Å². The van der Waals surface area contributed by atoms with Crippen molar-refractivity contribution in [1.82, 2.24) is 5.32 Å². The van der Waals surface area contributed by atoms with Crippen molar-refractivity contribution in [3.05, 3.63) is 29.3 Å². The van der Waals surface area contributed by atoms with Crippen LogP contribution >= 0.6 is 11.8 Å². The molecule has 0 saturated heterocycles. The summed E-state index contributed by atoms with van der Waals surface area (Å²) in [6, 6.07) is 6.27. The van der Waals surface area contributed by atoms with Gasteiger partial charge in [0, 0.05) is 24.0 Å². The van der Waals surface area contributed by atoms with Gasteiger partial charge in [-0.05, 0) is 51.0 Å². The van der Waals surface area contributed by atoms with Crippen LogP contribution in [0.3, 0.4) is 0 Å². The average molecular weight is 292 g/mol. The fraction of sp³-hybridized carbons (Fsp3) is 0.562. The highest BCUT2D eigenvalue weighted by molar-refractivity contribution is 7.99. The van der Waals surface area contributed by atoms with Crippen molar-refractivity contribution >= 4 is 23.4 Å². The number of hydrogen-bond donors (Lipinski definition) is 2. The van der Waals surface area contributed by atoms with Gasteiger partial charge in [-0.15, -0.1) is 0 Å². The highest BCUT2D eigenvalue weighted by Crippen LogP contribution is 2.27. The molecule has 2 rings (SSSR count). The first-order valence-corrected chi connectivity index (χ1v) is 8.55. The fourth-order valence-electron chi connectivity index (χ4n) is 2.77. The molecule has 1 amide bonds. The Balaban J connectivity index is 2.00. The van der Waals surface area contributed by atoms with Crippen molar-refractivity contribution in [3.8, 4) is 0 Å². The van der Waals surface area contributed by atoms with E-state index >= 15 is 0 Å². The molecule has 4 heteroatoms. The van der Waals surface area contributed by atoms with Gasteiger partial charge < -0.3 is 10.6 Å². The Kier molecular flexibility index (Phi) is 5.35. The predicted octanol–water partition coefficient (Wildman–Crippen LogP) is 3.44. The van der Waals surface area contributed by atoms with E-state index in [0.29, 0.717) is 6.04 Å². The zero-order valence-electron chi connectivity index (χ0n) is 12.5. The van der Waals surface area contributed by atoms with E-state index in [-0.39, 0.29) is 5.91 Å². The van der Waals surface area contributed by atoms with E-state index in [0.717, 1.165) is 34.9 Å². The van der Waals surface area contributed by atoms with Gasteiger partial charge in [0.2, 0.25) is 0 Å². The molecule has 110 valence electrons.